The third-order valence-electron chi connectivity index (χ3n) is 5.44. The van der Waals surface area contributed by atoms with Gasteiger partial charge in [-0.1, -0.05) is 39.2 Å². The van der Waals surface area contributed by atoms with Crippen LogP contribution in [0.2, 0.25) is 0 Å². The fourth-order valence-electron chi connectivity index (χ4n) is 3.81. The molecule has 156 valence electrons. The summed E-state index contributed by atoms with van der Waals surface area (Å²) in [5.74, 6) is -1.13. The van der Waals surface area contributed by atoms with Gasteiger partial charge >= 0.3 is 0 Å². The topological polar surface area (TPSA) is 105 Å². The minimum atomic E-state index is -0.715. The first-order valence-corrected chi connectivity index (χ1v) is 10.2. The van der Waals surface area contributed by atoms with Crippen LogP contribution in [0.1, 0.15) is 62.1 Å². The number of nitrogens with one attached hydrogen (secondary N) is 3. The maximum absolute atomic E-state index is 12.7. The van der Waals surface area contributed by atoms with Gasteiger partial charge in [0.15, 0.2) is 0 Å². The van der Waals surface area contributed by atoms with Crippen molar-refractivity contribution in [3.63, 3.8) is 0 Å². The molecule has 3 rings (SSSR count). The van der Waals surface area contributed by atoms with Gasteiger partial charge in [-0.05, 0) is 37.8 Å². The number of amides is 3. The van der Waals surface area contributed by atoms with E-state index >= 15 is 0 Å². The quantitative estimate of drug-likeness (QED) is 0.670. The maximum atomic E-state index is 12.7. The molecule has 0 radical (unpaired) electrons. The zero-order valence-corrected chi connectivity index (χ0v) is 17.2. The first kappa shape index (κ1) is 20.8. The van der Waals surface area contributed by atoms with Crippen molar-refractivity contribution in [1.82, 2.24) is 25.6 Å². The molecule has 8 nitrogen and oxygen atoms in total. The van der Waals surface area contributed by atoms with Gasteiger partial charge in [0.2, 0.25) is 5.91 Å². The molecule has 0 aliphatic heterocycles. The van der Waals surface area contributed by atoms with E-state index in [1.54, 1.807) is 29.7 Å². The Bertz CT molecular complexity index is 899. The first-order valence-electron chi connectivity index (χ1n) is 10.2. The van der Waals surface area contributed by atoms with Gasteiger partial charge in [0.25, 0.3) is 11.8 Å². The number of aromatic nitrogens is 2. The number of imidazole rings is 1. The number of nitrogens with zero attached hydrogens (tertiary/aromatic N) is 2. The number of aryl methyl sites for hydroxylation is 1. The molecule has 0 aromatic carbocycles. The molecule has 8 heteroatoms. The van der Waals surface area contributed by atoms with Crippen LogP contribution in [0.5, 0.6) is 0 Å². The average Bonchev–Trinajstić information content (AvgIpc) is 3.06. The highest BCUT2D eigenvalue weighted by atomic mass is 16.2. The number of rotatable bonds is 5. The average molecular weight is 399 g/mol. The number of fused-ring (bicyclic) bond motifs is 1. The summed E-state index contributed by atoms with van der Waals surface area (Å²) in [5, 5.41) is 2.87. The van der Waals surface area contributed by atoms with Gasteiger partial charge in [0, 0.05) is 12.1 Å². The third kappa shape index (κ3) is 4.75. The highest BCUT2D eigenvalue weighted by molar-refractivity contribution is 5.96. The first-order chi connectivity index (χ1) is 13.9. The normalized spacial score (nSPS) is 15.9. The van der Waals surface area contributed by atoms with Crippen molar-refractivity contribution in [3.05, 3.63) is 35.8 Å². The van der Waals surface area contributed by atoms with E-state index in [0.717, 1.165) is 32.1 Å². The van der Waals surface area contributed by atoms with Crippen LogP contribution in [-0.2, 0) is 9.59 Å². The molecule has 29 heavy (non-hydrogen) atoms. The van der Waals surface area contributed by atoms with Crippen LogP contribution in [0, 0.1) is 18.8 Å². The molecule has 2 aromatic heterocycles. The summed E-state index contributed by atoms with van der Waals surface area (Å²) in [6.45, 7) is 5.47. The molecule has 1 unspecified atom stereocenters. The minimum Gasteiger partial charge on any atom is -0.344 e. The van der Waals surface area contributed by atoms with Crippen LogP contribution in [-0.4, -0.2) is 33.1 Å². The SMILES string of the molecule is Cc1nc2ccccn2c1C(=O)NNC(=O)C(NC(=O)C1CCCCC1)C(C)C. The number of hydrogen-bond donors (Lipinski definition) is 3. The van der Waals surface area contributed by atoms with Crippen LogP contribution in [0.4, 0.5) is 0 Å². The van der Waals surface area contributed by atoms with Gasteiger partial charge in [-0.3, -0.25) is 29.6 Å². The Morgan fingerprint density at radius 1 is 1.10 bits per heavy atom. The van der Waals surface area contributed by atoms with Crippen LogP contribution >= 0.6 is 0 Å². The summed E-state index contributed by atoms with van der Waals surface area (Å²) in [6, 6.07) is 4.73. The second kappa shape index (κ2) is 9.07. The lowest BCUT2D eigenvalue weighted by molar-refractivity contribution is -0.133. The molecule has 2 aromatic rings. The predicted molar refractivity (Wildman–Crippen MR) is 109 cm³/mol. The summed E-state index contributed by atoms with van der Waals surface area (Å²) in [5.41, 5.74) is 6.49. The van der Waals surface area contributed by atoms with Crippen LogP contribution in [0.15, 0.2) is 24.4 Å². The Hall–Kier alpha value is -2.90. The van der Waals surface area contributed by atoms with Crippen molar-refractivity contribution >= 4 is 23.4 Å². The monoisotopic (exact) mass is 399 g/mol. The van der Waals surface area contributed by atoms with Crippen LogP contribution < -0.4 is 16.2 Å². The minimum absolute atomic E-state index is 0.0341. The summed E-state index contributed by atoms with van der Waals surface area (Å²) >= 11 is 0. The van der Waals surface area contributed by atoms with E-state index in [-0.39, 0.29) is 17.7 Å². The molecule has 0 saturated heterocycles. The Kier molecular flexibility index (Phi) is 6.51. The van der Waals surface area contributed by atoms with E-state index in [4.69, 9.17) is 0 Å². The van der Waals surface area contributed by atoms with Crippen molar-refractivity contribution in [1.29, 1.82) is 0 Å². The molecule has 2 heterocycles. The molecule has 1 atom stereocenters. The number of hydrogen-bond acceptors (Lipinski definition) is 4. The third-order valence-corrected chi connectivity index (χ3v) is 5.44. The predicted octanol–water partition coefficient (Wildman–Crippen LogP) is 2.12. The van der Waals surface area contributed by atoms with Crippen molar-refractivity contribution in [2.75, 3.05) is 0 Å². The van der Waals surface area contributed by atoms with Crippen molar-refractivity contribution in [3.8, 4) is 0 Å². The van der Waals surface area contributed by atoms with Gasteiger partial charge in [-0.25, -0.2) is 4.98 Å². The molecule has 3 amide bonds. The van der Waals surface area contributed by atoms with Gasteiger partial charge < -0.3 is 5.32 Å². The van der Waals surface area contributed by atoms with E-state index in [0.29, 0.717) is 17.0 Å². The second-order valence-electron chi connectivity index (χ2n) is 7.98. The van der Waals surface area contributed by atoms with Gasteiger partial charge in [-0.2, -0.15) is 0 Å². The molecule has 1 saturated carbocycles. The fraction of sp³-hybridized carbons (Fsp3) is 0.524. The Morgan fingerprint density at radius 2 is 1.83 bits per heavy atom. The highest BCUT2D eigenvalue weighted by Gasteiger charge is 2.29. The standard InChI is InChI=1S/C21H29N5O3/c1-13(2)17(23-19(27)15-9-5-4-6-10-15)20(28)24-25-21(29)18-14(3)22-16-11-7-8-12-26(16)18/h7-8,11-13,15,17H,4-6,9-10H2,1-3H3,(H,23,27)(H,24,28)(H,25,29). The Labute approximate surface area is 170 Å². The fourth-order valence-corrected chi connectivity index (χ4v) is 3.81. The second-order valence-corrected chi connectivity index (χ2v) is 7.98. The lowest BCUT2D eigenvalue weighted by Crippen LogP contribution is -2.55. The Morgan fingerprint density at radius 3 is 2.52 bits per heavy atom. The van der Waals surface area contributed by atoms with E-state index in [1.807, 2.05) is 19.9 Å². The Balaban J connectivity index is 1.63. The van der Waals surface area contributed by atoms with E-state index < -0.39 is 17.9 Å². The van der Waals surface area contributed by atoms with Gasteiger partial charge in [0.1, 0.15) is 17.4 Å². The molecule has 1 aliphatic rings. The van der Waals surface area contributed by atoms with Crippen LogP contribution in [0.3, 0.4) is 0 Å². The van der Waals surface area contributed by atoms with E-state index in [2.05, 4.69) is 21.2 Å². The van der Waals surface area contributed by atoms with E-state index in [9.17, 15) is 14.4 Å². The van der Waals surface area contributed by atoms with Gasteiger partial charge in [0.05, 0.1) is 5.69 Å². The molecule has 0 bridgehead atoms. The number of pyridine rings is 1. The molecule has 1 aliphatic carbocycles. The lowest BCUT2D eigenvalue weighted by atomic mass is 9.88. The molecule has 3 N–H and O–H groups in total. The lowest BCUT2D eigenvalue weighted by Gasteiger charge is -2.26. The summed E-state index contributed by atoms with van der Waals surface area (Å²) in [6.07, 6.45) is 6.72. The smallest absolute Gasteiger partial charge is 0.288 e. The number of carbonyl (C=O) groups excluding carboxylic acids is 3. The molecular formula is C21H29N5O3. The molecule has 1 fully saturated rings. The zero-order chi connectivity index (χ0) is 21.0. The largest absolute Gasteiger partial charge is 0.344 e. The zero-order valence-electron chi connectivity index (χ0n) is 17.2. The van der Waals surface area contributed by atoms with E-state index in [1.165, 1.54) is 0 Å². The summed E-state index contributed by atoms with van der Waals surface area (Å²) in [7, 11) is 0. The van der Waals surface area contributed by atoms with Crippen molar-refractivity contribution < 1.29 is 14.4 Å². The van der Waals surface area contributed by atoms with Crippen LogP contribution in [0.25, 0.3) is 5.65 Å². The number of hydrazine groups is 1. The highest BCUT2D eigenvalue weighted by Crippen LogP contribution is 2.24. The number of carbonyl (C=O) groups is 3. The summed E-state index contributed by atoms with van der Waals surface area (Å²) < 4.78 is 1.67. The molecular weight excluding hydrogens is 370 g/mol. The van der Waals surface area contributed by atoms with Crippen molar-refractivity contribution in [2.45, 2.75) is 58.9 Å². The maximum Gasteiger partial charge on any atom is 0.288 e. The molecule has 0 spiro atoms. The van der Waals surface area contributed by atoms with Gasteiger partial charge in [-0.15, -0.1) is 0 Å². The van der Waals surface area contributed by atoms with Crippen molar-refractivity contribution in [2.24, 2.45) is 11.8 Å². The summed E-state index contributed by atoms with van der Waals surface area (Å²) in [4.78, 5) is 42.2.